The summed E-state index contributed by atoms with van der Waals surface area (Å²) in [5.74, 6) is 0. The molecule has 118 valence electrons. The zero-order valence-electron chi connectivity index (χ0n) is 15.4. The van der Waals surface area contributed by atoms with Gasteiger partial charge in [-0.2, -0.15) is 0 Å². The van der Waals surface area contributed by atoms with Crippen molar-refractivity contribution in [1.29, 1.82) is 0 Å². The van der Waals surface area contributed by atoms with Crippen LogP contribution in [0.3, 0.4) is 0 Å². The average molecular weight is 281 g/mol. The van der Waals surface area contributed by atoms with Crippen molar-refractivity contribution in [2.24, 2.45) is 0 Å². The van der Waals surface area contributed by atoms with Crippen LogP contribution in [0.15, 0.2) is 36.7 Å². The van der Waals surface area contributed by atoms with Crippen LogP contribution in [0.5, 0.6) is 0 Å². The van der Waals surface area contributed by atoms with Gasteiger partial charge < -0.3 is 0 Å². The van der Waals surface area contributed by atoms with Crippen LogP contribution >= 0.6 is 0 Å². The lowest BCUT2D eigenvalue weighted by molar-refractivity contribution is 1.29. The van der Waals surface area contributed by atoms with Gasteiger partial charge in [-0.05, 0) is 12.1 Å². The lowest BCUT2D eigenvalue weighted by Gasteiger charge is -1.90. The zero-order valence-corrected chi connectivity index (χ0v) is 15.4. The van der Waals surface area contributed by atoms with Crippen LogP contribution in [0.1, 0.15) is 69.2 Å². The first-order valence-electron chi connectivity index (χ1n) is 8.12. The Balaban J connectivity index is -0.000000110. The Kier molecular flexibility index (Phi) is 41.2. The molecule has 0 bridgehead atoms. The molecule has 2 rings (SSSR count). The quantitative estimate of drug-likeness (QED) is 0.532. The molecule has 0 saturated carbocycles. The molecule has 0 aliphatic heterocycles. The van der Waals surface area contributed by atoms with E-state index in [-0.39, 0.29) is 0 Å². The van der Waals surface area contributed by atoms with E-state index < -0.39 is 0 Å². The Morgan fingerprint density at radius 3 is 1.00 bits per heavy atom. The van der Waals surface area contributed by atoms with Gasteiger partial charge in [-0.25, -0.2) is 0 Å². The molecule has 20 heavy (non-hydrogen) atoms. The molecule has 1 aromatic carbocycles. The van der Waals surface area contributed by atoms with Crippen LogP contribution in [0.25, 0.3) is 11.0 Å². The summed E-state index contributed by atoms with van der Waals surface area (Å²) in [6, 6.07) is 7.80. The molecule has 0 fully saturated rings. The highest BCUT2D eigenvalue weighted by molar-refractivity contribution is 5.72. The molecule has 2 nitrogen and oxygen atoms in total. The minimum absolute atomic E-state index is 0.949. The predicted molar refractivity (Wildman–Crippen MR) is 96.3 cm³/mol. The standard InChI is InChI=1S/C8H6N2.5C2H6/c1-2-4-8-7(3-1)9-5-6-10-8;5*1-2/h1-6H;5*1-2H3. The van der Waals surface area contributed by atoms with Crippen LogP contribution in [0.2, 0.25) is 0 Å². The Bertz CT molecular complexity index is 280. The van der Waals surface area contributed by atoms with Gasteiger partial charge in [0, 0.05) is 12.4 Å². The molecule has 0 atom stereocenters. The summed E-state index contributed by atoms with van der Waals surface area (Å²) in [6.45, 7) is 20.0. The summed E-state index contributed by atoms with van der Waals surface area (Å²) in [7, 11) is 0. The minimum atomic E-state index is 0.949. The van der Waals surface area contributed by atoms with E-state index in [2.05, 4.69) is 9.97 Å². The fraction of sp³-hybridized carbons (Fsp3) is 0.556. The van der Waals surface area contributed by atoms with E-state index in [0.29, 0.717) is 0 Å². The second-order valence-electron chi connectivity index (χ2n) is 2.05. The van der Waals surface area contributed by atoms with Crippen LogP contribution in [-0.2, 0) is 0 Å². The third-order valence-corrected chi connectivity index (χ3v) is 1.38. The summed E-state index contributed by atoms with van der Waals surface area (Å²) in [4.78, 5) is 8.24. The van der Waals surface area contributed by atoms with Crippen molar-refractivity contribution in [3.05, 3.63) is 36.7 Å². The molecular formula is C18H36N2. The van der Waals surface area contributed by atoms with Crippen molar-refractivity contribution in [3.63, 3.8) is 0 Å². The first-order chi connectivity index (χ1) is 9.97. The van der Waals surface area contributed by atoms with Crippen molar-refractivity contribution in [1.82, 2.24) is 9.97 Å². The smallest absolute Gasteiger partial charge is 0.0886 e. The summed E-state index contributed by atoms with van der Waals surface area (Å²) >= 11 is 0. The first-order valence-corrected chi connectivity index (χ1v) is 8.12. The Hall–Kier alpha value is -1.44. The molecule has 0 radical (unpaired) electrons. The Labute approximate surface area is 127 Å². The SMILES string of the molecule is CC.CC.CC.CC.CC.c1ccc2nccnc2c1. The maximum atomic E-state index is 4.12. The molecule has 2 heteroatoms. The topological polar surface area (TPSA) is 25.8 Å². The second-order valence-corrected chi connectivity index (χ2v) is 2.05. The molecule has 0 aliphatic rings. The predicted octanol–water partition coefficient (Wildman–Crippen LogP) is 6.76. The van der Waals surface area contributed by atoms with Crippen molar-refractivity contribution < 1.29 is 0 Å². The molecule has 2 aromatic rings. The monoisotopic (exact) mass is 280 g/mol. The van der Waals surface area contributed by atoms with Gasteiger partial charge >= 0.3 is 0 Å². The maximum Gasteiger partial charge on any atom is 0.0886 e. The minimum Gasteiger partial charge on any atom is -0.253 e. The van der Waals surface area contributed by atoms with E-state index in [9.17, 15) is 0 Å². The van der Waals surface area contributed by atoms with E-state index in [4.69, 9.17) is 0 Å². The van der Waals surface area contributed by atoms with Crippen molar-refractivity contribution in [2.45, 2.75) is 69.2 Å². The lowest BCUT2D eigenvalue weighted by Crippen LogP contribution is -1.78. The highest BCUT2D eigenvalue weighted by atomic mass is 14.8. The molecule has 1 aromatic heterocycles. The van der Waals surface area contributed by atoms with Crippen LogP contribution in [-0.4, -0.2) is 9.97 Å². The Morgan fingerprint density at radius 2 is 0.750 bits per heavy atom. The molecule has 0 aliphatic carbocycles. The molecule has 0 N–H and O–H groups in total. The van der Waals surface area contributed by atoms with Crippen LogP contribution < -0.4 is 0 Å². The van der Waals surface area contributed by atoms with Crippen molar-refractivity contribution >= 4 is 11.0 Å². The van der Waals surface area contributed by atoms with Gasteiger partial charge in [0.25, 0.3) is 0 Å². The van der Waals surface area contributed by atoms with E-state index in [1.54, 1.807) is 12.4 Å². The third kappa shape index (κ3) is 14.6. The average Bonchev–Trinajstić information content (AvgIpc) is 2.64. The van der Waals surface area contributed by atoms with Gasteiger partial charge in [0.15, 0.2) is 0 Å². The molecule has 0 amide bonds. The van der Waals surface area contributed by atoms with E-state index in [0.717, 1.165) is 11.0 Å². The maximum absolute atomic E-state index is 4.12. The number of hydrogen-bond acceptors (Lipinski definition) is 2. The summed E-state index contributed by atoms with van der Waals surface area (Å²) < 4.78 is 0. The third-order valence-electron chi connectivity index (χ3n) is 1.38. The number of aromatic nitrogens is 2. The van der Waals surface area contributed by atoms with E-state index in [1.165, 1.54) is 0 Å². The van der Waals surface area contributed by atoms with Gasteiger partial charge in [-0.1, -0.05) is 81.4 Å². The number of nitrogens with zero attached hydrogens (tertiary/aromatic N) is 2. The normalized spacial score (nSPS) is 6.50. The molecule has 1 heterocycles. The number of fused-ring (bicyclic) bond motifs is 1. The van der Waals surface area contributed by atoms with E-state index >= 15 is 0 Å². The zero-order chi connectivity index (χ0) is 16.8. The summed E-state index contributed by atoms with van der Waals surface area (Å²) in [5.41, 5.74) is 1.90. The molecule has 0 spiro atoms. The molecule has 0 saturated heterocycles. The van der Waals surface area contributed by atoms with Crippen LogP contribution in [0.4, 0.5) is 0 Å². The highest BCUT2D eigenvalue weighted by Gasteiger charge is 1.88. The van der Waals surface area contributed by atoms with E-state index in [1.807, 2.05) is 93.5 Å². The number of hydrogen-bond donors (Lipinski definition) is 0. The Morgan fingerprint density at radius 1 is 0.500 bits per heavy atom. The summed E-state index contributed by atoms with van der Waals surface area (Å²) in [5, 5.41) is 0. The van der Waals surface area contributed by atoms with Gasteiger partial charge in [0.05, 0.1) is 11.0 Å². The lowest BCUT2D eigenvalue weighted by atomic mass is 10.3. The number of para-hydroxylation sites is 2. The fourth-order valence-electron chi connectivity index (χ4n) is 0.910. The van der Waals surface area contributed by atoms with Crippen LogP contribution in [0, 0.1) is 0 Å². The van der Waals surface area contributed by atoms with Gasteiger partial charge in [-0.3, -0.25) is 9.97 Å². The second kappa shape index (κ2) is 30.5. The first kappa shape index (κ1) is 27.0. The largest absolute Gasteiger partial charge is 0.253 e. The number of rotatable bonds is 0. The highest BCUT2D eigenvalue weighted by Crippen LogP contribution is 2.04. The van der Waals surface area contributed by atoms with Gasteiger partial charge in [0.1, 0.15) is 0 Å². The van der Waals surface area contributed by atoms with Gasteiger partial charge in [0.2, 0.25) is 0 Å². The van der Waals surface area contributed by atoms with Gasteiger partial charge in [-0.15, -0.1) is 0 Å². The molecule has 0 unspecified atom stereocenters. The summed E-state index contributed by atoms with van der Waals surface area (Å²) in [6.07, 6.45) is 3.39. The fourth-order valence-corrected chi connectivity index (χ4v) is 0.910. The van der Waals surface area contributed by atoms with Crippen molar-refractivity contribution in [2.75, 3.05) is 0 Å². The number of benzene rings is 1. The van der Waals surface area contributed by atoms with Crippen molar-refractivity contribution in [3.8, 4) is 0 Å². The molecular weight excluding hydrogens is 244 g/mol.